The zero-order valence-corrected chi connectivity index (χ0v) is 12.0. The van der Waals surface area contributed by atoms with Gasteiger partial charge in [0.1, 0.15) is 0 Å². The zero-order chi connectivity index (χ0) is 12.1. The summed E-state index contributed by atoms with van der Waals surface area (Å²) >= 11 is 0. The first-order valence-corrected chi connectivity index (χ1v) is 6.83. The van der Waals surface area contributed by atoms with Crippen molar-refractivity contribution in [2.75, 3.05) is 33.3 Å². The minimum atomic E-state index is 0. The van der Waals surface area contributed by atoms with Gasteiger partial charge in [0.2, 0.25) is 5.91 Å². The molecule has 0 aromatic rings. The lowest BCUT2D eigenvalue weighted by Crippen LogP contribution is -2.41. The van der Waals surface area contributed by atoms with Gasteiger partial charge in [-0.15, -0.1) is 12.4 Å². The molecule has 0 aromatic heterocycles. The Balaban J connectivity index is 0.00000162. The zero-order valence-electron chi connectivity index (χ0n) is 11.2. The lowest BCUT2D eigenvalue weighted by atomic mass is 9.96. The van der Waals surface area contributed by atoms with Gasteiger partial charge in [-0.2, -0.15) is 0 Å². The van der Waals surface area contributed by atoms with Crippen molar-refractivity contribution in [2.24, 2.45) is 5.92 Å². The summed E-state index contributed by atoms with van der Waals surface area (Å²) in [5, 5.41) is 3.22. The molecule has 1 amide bonds. The summed E-state index contributed by atoms with van der Waals surface area (Å²) < 4.78 is 5.52. The van der Waals surface area contributed by atoms with E-state index < -0.39 is 0 Å². The van der Waals surface area contributed by atoms with Crippen LogP contribution in [0.1, 0.15) is 32.1 Å². The quantitative estimate of drug-likeness (QED) is 0.845. The Hall–Kier alpha value is -0.320. The molecule has 2 aliphatic rings. The molecule has 0 aliphatic carbocycles. The molecule has 0 radical (unpaired) electrons. The first-order valence-electron chi connectivity index (χ1n) is 6.83. The molecule has 106 valence electrons. The molecule has 0 spiro atoms. The standard InChI is InChI=1S/C13H24N2O2.ClH/c1-14-10-11-4-6-15(7-5-11)13(16)9-12-3-2-8-17-12;/h11-12,14H,2-10H2,1H3;1H. The second kappa shape index (κ2) is 7.97. The van der Waals surface area contributed by atoms with Crippen LogP contribution in [0.2, 0.25) is 0 Å². The monoisotopic (exact) mass is 276 g/mol. The summed E-state index contributed by atoms with van der Waals surface area (Å²) in [7, 11) is 1.99. The Morgan fingerprint density at radius 2 is 2.06 bits per heavy atom. The van der Waals surface area contributed by atoms with E-state index in [1.54, 1.807) is 0 Å². The van der Waals surface area contributed by atoms with E-state index in [0.29, 0.717) is 12.3 Å². The summed E-state index contributed by atoms with van der Waals surface area (Å²) in [6, 6.07) is 0. The highest BCUT2D eigenvalue weighted by molar-refractivity contribution is 5.85. The number of hydrogen-bond donors (Lipinski definition) is 1. The Morgan fingerprint density at radius 1 is 1.33 bits per heavy atom. The molecule has 2 heterocycles. The second-order valence-corrected chi connectivity index (χ2v) is 5.22. The molecule has 5 heteroatoms. The van der Waals surface area contributed by atoms with Crippen LogP contribution in [0.3, 0.4) is 0 Å². The van der Waals surface area contributed by atoms with E-state index in [9.17, 15) is 4.79 Å². The molecule has 2 saturated heterocycles. The van der Waals surface area contributed by atoms with E-state index in [4.69, 9.17) is 4.74 Å². The topological polar surface area (TPSA) is 41.6 Å². The number of amides is 1. The smallest absolute Gasteiger partial charge is 0.225 e. The molecule has 1 unspecified atom stereocenters. The molecule has 18 heavy (non-hydrogen) atoms. The highest BCUT2D eigenvalue weighted by Crippen LogP contribution is 2.20. The SMILES string of the molecule is CNCC1CCN(C(=O)CC2CCCO2)CC1.Cl. The van der Waals surface area contributed by atoms with Crippen LogP contribution in [-0.4, -0.2) is 50.2 Å². The lowest BCUT2D eigenvalue weighted by molar-refractivity contribution is -0.134. The number of carbonyl (C=O) groups excluding carboxylic acids is 1. The van der Waals surface area contributed by atoms with Crippen molar-refractivity contribution < 1.29 is 9.53 Å². The lowest BCUT2D eigenvalue weighted by Gasteiger charge is -2.32. The van der Waals surface area contributed by atoms with Crippen LogP contribution in [0.25, 0.3) is 0 Å². The van der Waals surface area contributed by atoms with Crippen LogP contribution in [0.5, 0.6) is 0 Å². The summed E-state index contributed by atoms with van der Waals surface area (Å²) in [5.41, 5.74) is 0. The highest BCUT2D eigenvalue weighted by Gasteiger charge is 2.26. The van der Waals surface area contributed by atoms with E-state index >= 15 is 0 Å². The van der Waals surface area contributed by atoms with E-state index in [1.807, 2.05) is 11.9 Å². The van der Waals surface area contributed by atoms with Gasteiger partial charge in [-0.25, -0.2) is 0 Å². The summed E-state index contributed by atoms with van der Waals surface area (Å²) in [6.07, 6.45) is 5.23. The second-order valence-electron chi connectivity index (χ2n) is 5.22. The van der Waals surface area contributed by atoms with E-state index in [2.05, 4.69) is 5.32 Å². The van der Waals surface area contributed by atoms with Crippen LogP contribution in [0, 0.1) is 5.92 Å². The maximum absolute atomic E-state index is 12.0. The molecule has 2 fully saturated rings. The van der Waals surface area contributed by atoms with Crippen molar-refractivity contribution in [2.45, 2.75) is 38.2 Å². The normalized spacial score (nSPS) is 24.9. The van der Waals surface area contributed by atoms with Gasteiger partial charge in [0.25, 0.3) is 0 Å². The fourth-order valence-corrected chi connectivity index (χ4v) is 2.80. The predicted octanol–water partition coefficient (Wildman–Crippen LogP) is 1.44. The van der Waals surface area contributed by atoms with Crippen molar-refractivity contribution >= 4 is 18.3 Å². The van der Waals surface area contributed by atoms with E-state index in [-0.39, 0.29) is 18.5 Å². The number of likely N-dealkylation sites (tertiary alicyclic amines) is 1. The van der Waals surface area contributed by atoms with Crippen molar-refractivity contribution in [3.8, 4) is 0 Å². The van der Waals surface area contributed by atoms with Gasteiger partial charge in [0.15, 0.2) is 0 Å². The molecule has 0 aromatic carbocycles. The van der Waals surface area contributed by atoms with Crippen LogP contribution in [-0.2, 0) is 9.53 Å². The van der Waals surface area contributed by atoms with Crippen molar-refractivity contribution in [1.82, 2.24) is 10.2 Å². The number of hydrogen-bond acceptors (Lipinski definition) is 3. The first kappa shape index (κ1) is 15.7. The Morgan fingerprint density at radius 3 is 2.61 bits per heavy atom. The predicted molar refractivity (Wildman–Crippen MR) is 74.1 cm³/mol. The number of piperidine rings is 1. The van der Waals surface area contributed by atoms with Gasteiger partial charge in [0.05, 0.1) is 12.5 Å². The van der Waals surface area contributed by atoms with Gasteiger partial charge in [-0.1, -0.05) is 0 Å². The average molecular weight is 277 g/mol. The minimum absolute atomic E-state index is 0. The molecule has 2 rings (SSSR count). The van der Waals surface area contributed by atoms with E-state index in [1.165, 1.54) is 0 Å². The van der Waals surface area contributed by atoms with Crippen LogP contribution in [0.4, 0.5) is 0 Å². The van der Waals surface area contributed by atoms with Crippen LogP contribution < -0.4 is 5.32 Å². The van der Waals surface area contributed by atoms with Crippen molar-refractivity contribution in [3.63, 3.8) is 0 Å². The molecular weight excluding hydrogens is 252 g/mol. The van der Waals surface area contributed by atoms with Crippen LogP contribution in [0.15, 0.2) is 0 Å². The third-order valence-corrected chi connectivity index (χ3v) is 3.89. The van der Waals surface area contributed by atoms with Crippen molar-refractivity contribution in [3.05, 3.63) is 0 Å². The summed E-state index contributed by atoms with van der Waals surface area (Å²) in [6.45, 7) is 3.77. The minimum Gasteiger partial charge on any atom is -0.378 e. The Kier molecular flexibility index (Phi) is 6.97. The molecule has 1 atom stereocenters. The summed E-state index contributed by atoms with van der Waals surface area (Å²) in [5.74, 6) is 1.03. The maximum Gasteiger partial charge on any atom is 0.225 e. The summed E-state index contributed by atoms with van der Waals surface area (Å²) in [4.78, 5) is 14.1. The highest BCUT2D eigenvalue weighted by atomic mass is 35.5. The number of ether oxygens (including phenoxy) is 1. The third-order valence-electron chi connectivity index (χ3n) is 3.89. The Labute approximate surface area is 116 Å². The first-order chi connectivity index (χ1) is 8.29. The maximum atomic E-state index is 12.0. The van der Waals surface area contributed by atoms with Gasteiger partial charge in [-0.05, 0) is 45.2 Å². The molecular formula is C13H25ClN2O2. The van der Waals surface area contributed by atoms with Crippen molar-refractivity contribution in [1.29, 1.82) is 0 Å². The molecule has 0 saturated carbocycles. The molecule has 4 nitrogen and oxygen atoms in total. The number of carbonyl (C=O) groups is 1. The number of nitrogens with zero attached hydrogens (tertiary/aromatic N) is 1. The molecule has 2 aliphatic heterocycles. The Bertz CT molecular complexity index is 249. The van der Waals surface area contributed by atoms with Gasteiger partial charge in [-0.3, -0.25) is 4.79 Å². The number of rotatable bonds is 4. The molecule has 0 bridgehead atoms. The number of halogens is 1. The van der Waals surface area contributed by atoms with E-state index in [0.717, 1.165) is 57.8 Å². The fraction of sp³-hybridized carbons (Fsp3) is 0.923. The largest absolute Gasteiger partial charge is 0.378 e. The fourth-order valence-electron chi connectivity index (χ4n) is 2.80. The molecule has 1 N–H and O–H groups in total. The van der Waals surface area contributed by atoms with Gasteiger partial charge >= 0.3 is 0 Å². The number of nitrogens with one attached hydrogen (secondary N) is 1. The van der Waals surface area contributed by atoms with Crippen LogP contribution >= 0.6 is 12.4 Å². The van der Waals surface area contributed by atoms with Gasteiger partial charge in [0, 0.05) is 19.7 Å². The third kappa shape index (κ3) is 4.41. The average Bonchev–Trinajstić information content (AvgIpc) is 2.83. The van der Waals surface area contributed by atoms with Gasteiger partial charge < -0.3 is 15.0 Å².